The normalized spacial score (nSPS) is 11.6. The van der Waals surface area contributed by atoms with Crippen molar-refractivity contribution in [1.82, 2.24) is 0 Å². The molecular weight excluding hydrogens is 275 g/mol. The summed E-state index contributed by atoms with van der Waals surface area (Å²) < 4.78 is 13.8. The Kier molecular flexibility index (Phi) is 4.47. The van der Waals surface area contributed by atoms with Crippen LogP contribution in [0.2, 0.25) is 0 Å². The maximum Gasteiger partial charge on any atom is 0.242 e. The van der Waals surface area contributed by atoms with Gasteiger partial charge in [0.15, 0.2) is 0 Å². The van der Waals surface area contributed by atoms with E-state index in [0.29, 0.717) is 4.47 Å². The van der Waals surface area contributed by atoms with Crippen molar-refractivity contribution >= 4 is 27.5 Å². The van der Waals surface area contributed by atoms with Gasteiger partial charge in [0.2, 0.25) is 5.91 Å². The number of amides is 1. The van der Waals surface area contributed by atoms with Gasteiger partial charge in [-0.15, -0.1) is 12.3 Å². The summed E-state index contributed by atoms with van der Waals surface area (Å²) in [6, 6.07) is 3.55. The molecule has 0 bridgehead atoms. The van der Waals surface area contributed by atoms with Gasteiger partial charge in [-0.1, -0.05) is 6.07 Å². The summed E-state index contributed by atoms with van der Waals surface area (Å²) in [5, 5.41) is 2.38. The lowest BCUT2D eigenvalue weighted by Gasteiger charge is -2.11. The van der Waals surface area contributed by atoms with Crippen molar-refractivity contribution in [1.29, 1.82) is 0 Å². The molecule has 0 saturated carbocycles. The Morgan fingerprint density at radius 1 is 1.69 bits per heavy atom. The molecule has 0 aliphatic heterocycles. The van der Waals surface area contributed by atoms with Crippen molar-refractivity contribution in [2.45, 2.75) is 12.5 Å². The Bertz CT molecular complexity index is 422. The Labute approximate surface area is 101 Å². The van der Waals surface area contributed by atoms with Crippen molar-refractivity contribution < 1.29 is 9.18 Å². The lowest BCUT2D eigenvalue weighted by Crippen LogP contribution is -2.35. The number of benzene rings is 1. The Hall–Kier alpha value is -1.38. The molecule has 3 nitrogen and oxygen atoms in total. The second kappa shape index (κ2) is 5.64. The van der Waals surface area contributed by atoms with Crippen LogP contribution < -0.4 is 11.1 Å². The highest BCUT2D eigenvalue weighted by atomic mass is 79.9. The number of carbonyl (C=O) groups excluding carboxylic acids is 1. The molecule has 0 aromatic heterocycles. The first kappa shape index (κ1) is 12.7. The fraction of sp³-hybridized carbons (Fsp3) is 0.182. The standard InChI is InChI=1S/C11H10BrFN2O/c1-2-4-9(14)11(16)15-10-7(12)5-3-6-8(10)13/h1,3,5-6,9H,4,14H2,(H,15,16). The largest absolute Gasteiger partial charge is 0.321 e. The van der Waals surface area contributed by atoms with Crippen LogP contribution in [-0.2, 0) is 4.79 Å². The molecule has 0 spiro atoms. The summed E-state index contributed by atoms with van der Waals surface area (Å²) in [4.78, 5) is 11.5. The minimum atomic E-state index is -0.837. The number of rotatable bonds is 3. The number of carbonyl (C=O) groups is 1. The highest BCUT2D eigenvalue weighted by Crippen LogP contribution is 2.25. The summed E-state index contributed by atoms with van der Waals surface area (Å²) in [5.41, 5.74) is 5.55. The molecule has 0 saturated heterocycles. The zero-order valence-corrected chi connectivity index (χ0v) is 9.92. The molecule has 0 fully saturated rings. The molecule has 84 valence electrons. The molecular formula is C11H10BrFN2O. The Morgan fingerprint density at radius 2 is 2.38 bits per heavy atom. The molecule has 5 heteroatoms. The number of hydrogen-bond acceptors (Lipinski definition) is 2. The monoisotopic (exact) mass is 284 g/mol. The lowest BCUT2D eigenvalue weighted by atomic mass is 10.2. The van der Waals surface area contributed by atoms with Crippen LogP contribution in [0.4, 0.5) is 10.1 Å². The van der Waals surface area contributed by atoms with Gasteiger partial charge < -0.3 is 11.1 Å². The van der Waals surface area contributed by atoms with E-state index in [-0.39, 0.29) is 12.1 Å². The highest BCUT2D eigenvalue weighted by Gasteiger charge is 2.15. The van der Waals surface area contributed by atoms with Gasteiger partial charge >= 0.3 is 0 Å². The van der Waals surface area contributed by atoms with E-state index in [2.05, 4.69) is 27.2 Å². The molecule has 1 unspecified atom stereocenters. The van der Waals surface area contributed by atoms with Gasteiger partial charge in [-0.2, -0.15) is 0 Å². The van der Waals surface area contributed by atoms with Gasteiger partial charge in [-0.05, 0) is 28.1 Å². The van der Waals surface area contributed by atoms with Crippen LogP contribution in [0, 0.1) is 18.2 Å². The van der Waals surface area contributed by atoms with Crippen molar-refractivity contribution in [3.05, 3.63) is 28.5 Å². The first-order chi connectivity index (χ1) is 7.56. The van der Waals surface area contributed by atoms with Crippen LogP contribution in [-0.4, -0.2) is 11.9 Å². The molecule has 1 rings (SSSR count). The van der Waals surface area contributed by atoms with Crippen LogP contribution in [0.5, 0.6) is 0 Å². The summed E-state index contributed by atoms with van der Waals surface area (Å²) in [6.07, 6.45) is 5.14. The number of para-hydroxylation sites is 1. The van der Waals surface area contributed by atoms with Crippen LogP contribution in [0.3, 0.4) is 0 Å². The first-order valence-corrected chi connectivity index (χ1v) is 5.29. The maximum absolute atomic E-state index is 13.3. The van der Waals surface area contributed by atoms with Crippen molar-refractivity contribution in [3.63, 3.8) is 0 Å². The Morgan fingerprint density at radius 3 is 2.94 bits per heavy atom. The van der Waals surface area contributed by atoms with Crippen LogP contribution >= 0.6 is 15.9 Å². The van der Waals surface area contributed by atoms with Crippen molar-refractivity contribution in [2.24, 2.45) is 5.73 Å². The number of hydrogen-bond donors (Lipinski definition) is 2. The van der Waals surface area contributed by atoms with Gasteiger partial charge in [0.25, 0.3) is 0 Å². The average molecular weight is 285 g/mol. The Balaban J connectivity index is 2.82. The third kappa shape index (κ3) is 3.05. The quantitative estimate of drug-likeness (QED) is 0.833. The van der Waals surface area contributed by atoms with E-state index in [1.54, 1.807) is 6.07 Å². The van der Waals surface area contributed by atoms with E-state index in [1.165, 1.54) is 12.1 Å². The molecule has 3 N–H and O–H groups in total. The number of nitrogens with one attached hydrogen (secondary N) is 1. The lowest BCUT2D eigenvalue weighted by molar-refractivity contribution is -0.117. The molecule has 1 aromatic rings. The molecule has 1 amide bonds. The van der Waals surface area contributed by atoms with Gasteiger partial charge in [0.1, 0.15) is 5.82 Å². The average Bonchev–Trinajstić information content (AvgIpc) is 2.23. The first-order valence-electron chi connectivity index (χ1n) is 4.50. The zero-order chi connectivity index (χ0) is 12.1. The van der Waals surface area contributed by atoms with E-state index >= 15 is 0 Å². The summed E-state index contributed by atoms with van der Waals surface area (Å²) >= 11 is 3.13. The number of terminal acetylenes is 1. The van der Waals surface area contributed by atoms with E-state index in [1.807, 2.05) is 0 Å². The van der Waals surface area contributed by atoms with Gasteiger partial charge in [0.05, 0.1) is 11.7 Å². The van der Waals surface area contributed by atoms with E-state index in [9.17, 15) is 9.18 Å². The van der Waals surface area contributed by atoms with Crippen molar-refractivity contribution in [2.75, 3.05) is 5.32 Å². The molecule has 0 aliphatic rings. The minimum absolute atomic E-state index is 0.0694. The second-order valence-corrected chi connectivity index (χ2v) is 3.95. The smallest absolute Gasteiger partial charge is 0.242 e. The highest BCUT2D eigenvalue weighted by molar-refractivity contribution is 9.10. The van der Waals surface area contributed by atoms with Gasteiger partial charge in [-0.25, -0.2) is 4.39 Å². The fourth-order valence-corrected chi connectivity index (χ4v) is 1.49. The van der Waals surface area contributed by atoms with Gasteiger partial charge in [0, 0.05) is 10.9 Å². The van der Waals surface area contributed by atoms with E-state index in [0.717, 1.165) is 0 Å². The summed E-state index contributed by atoms with van der Waals surface area (Å²) in [5.74, 6) is 1.23. The molecule has 0 radical (unpaired) electrons. The second-order valence-electron chi connectivity index (χ2n) is 3.10. The van der Waals surface area contributed by atoms with Gasteiger partial charge in [-0.3, -0.25) is 4.79 Å². The van der Waals surface area contributed by atoms with E-state index < -0.39 is 17.8 Å². The molecule has 1 atom stereocenters. The number of nitrogens with two attached hydrogens (primary N) is 1. The maximum atomic E-state index is 13.3. The topological polar surface area (TPSA) is 55.1 Å². The third-order valence-corrected chi connectivity index (χ3v) is 2.55. The van der Waals surface area contributed by atoms with Crippen LogP contribution in [0.25, 0.3) is 0 Å². The molecule has 0 aliphatic carbocycles. The number of halogens is 2. The molecule has 1 aromatic carbocycles. The van der Waals surface area contributed by atoms with Crippen LogP contribution in [0.15, 0.2) is 22.7 Å². The minimum Gasteiger partial charge on any atom is -0.321 e. The molecule has 16 heavy (non-hydrogen) atoms. The molecule has 0 heterocycles. The predicted octanol–water partition coefficient (Wildman–Crippen LogP) is 1.88. The number of anilines is 1. The zero-order valence-electron chi connectivity index (χ0n) is 8.34. The fourth-order valence-electron chi connectivity index (χ4n) is 1.05. The third-order valence-electron chi connectivity index (χ3n) is 1.89. The van der Waals surface area contributed by atoms with Crippen molar-refractivity contribution in [3.8, 4) is 12.3 Å². The van der Waals surface area contributed by atoms with E-state index in [4.69, 9.17) is 12.2 Å². The summed E-state index contributed by atoms with van der Waals surface area (Å²) in [7, 11) is 0. The summed E-state index contributed by atoms with van der Waals surface area (Å²) in [6.45, 7) is 0. The SMILES string of the molecule is C#CCC(N)C(=O)Nc1c(F)cccc1Br. The van der Waals surface area contributed by atoms with Crippen LogP contribution in [0.1, 0.15) is 6.42 Å². The predicted molar refractivity (Wildman–Crippen MR) is 64.2 cm³/mol.